The third-order valence-electron chi connectivity index (χ3n) is 4.41. The van der Waals surface area contributed by atoms with Crippen molar-refractivity contribution in [2.45, 2.75) is 19.6 Å². The van der Waals surface area contributed by atoms with Gasteiger partial charge in [-0.25, -0.2) is 0 Å². The highest BCUT2D eigenvalue weighted by Crippen LogP contribution is 2.21. The van der Waals surface area contributed by atoms with Crippen molar-refractivity contribution < 1.29 is 4.21 Å². The molecule has 1 unspecified atom stereocenters. The van der Waals surface area contributed by atoms with Crippen LogP contribution >= 0.6 is 12.2 Å². The van der Waals surface area contributed by atoms with E-state index in [1.54, 1.807) is 6.20 Å². The minimum Gasteiger partial charge on any atom is -0.338 e. The number of rotatable bonds is 6. The molecule has 3 aromatic rings. The van der Waals surface area contributed by atoms with Gasteiger partial charge < -0.3 is 10.6 Å². The Morgan fingerprint density at radius 2 is 1.62 bits per heavy atom. The quantitative estimate of drug-likeness (QED) is 0.514. The van der Waals surface area contributed by atoms with Gasteiger partial charge in [-0.3, -0.25) is 4.21 Å². The lowest BCUT2D eigenvalue weighted by atomic mass is 10.1. The number of aryl methyl sites for hydroxylation is 2. The second kappa shape index (κ2) is 10.1. The molecular formula is C24H24N2OS2. The SMILES string of the molecule is Cc1ccc(NC(=S)N/C=C(\c2ccccc2)S(=O)Cc2ccccc2)c(C)c1. The van der Waals surface area contributed by atoms with E-state index in [2.05, 4.69) is 23.6 Å². The smallest absolute Gasteiger partial charge is 0.174 e. The van der Waals surface area contributed by atoms with Gasteiger partial charge in [0, 0.05) is 11.9 Å². The first-order valence-corrected chi connectivity index (χ1v) is 11.1. The highest BCUT2D eigenvalue weighted by Gasteiger charge is 2.12. The summed E-state index contributed by atoms with van der Waals surface area (Å²) in [4.78, 5) is 0.708. The van der Waals surface area contributed by atoms with E-state index in [0.29, 0.717) is 15.8 Å². The molecule has 0 heterocycles. The van der Waals surface area contributed by atoms with Gasteiger partial charge in [-0.1, -0.05) is 78.4 Å². The first-order chi connectivity index (χ1) is 14.0. The first-order valence-electron chi connectivity index (χ1n) is 9.35. The molecule has 0 saturated carbocycles. The van der Waals surface area contributed by atoms with Gasteiger partial charge in [-0.2, -0.15) is 0 Å². The second-order valence-corrected chi connectivity index (χ2v) is 8.59. The van der Waals surface area contributed by atoms with E-state index in [9.17, 15) is 4.21 Å². The maximum absolute atomic E-state index is 13.1. The van der Waals surface area contributed by atoms with Gasteiger partial charge >= 0.3 is 0 Å². The predicted octanol–water partition coefficient (Wildman–Crippen LogP) is 5.54. The van der Waals surface area contributed by atoms with Crippen LogP contribution in [-0.4, -0.2) is 9.32 Å². The van der Waals surface area contributed by atoms with Crippen LogP contribution in [0.2, 0.25) is 0 Å². The highest BCUT2D eigenvalue weighted by molar-refractivity contribution is 7.93. The zero-order valence-electron chi connectivity index (χ0n) is 16.5. The van der Waals surface area contributed by atoms with Crippen molar-refractivity contribution >= 4 is 38.7 Å². The van der Waals surface area contributed by atoms with Crippen LogP contribution in [-0.2, 0) is 16.6 Å². The van der Waals surface area contributed by atoms with E-state index in [-0.39, 0.29) is 0 Å². The predicted molar refractivity (Wildman–Crippen MR) is 128 cm³/mol. The monoisotopic (exact) mass is 420 g/mol. The third kappa shape index (κ3) is 6.11. The molecule has 0 bridgehead atoms. The van der Waals surface area contributed by atoms with Crippen LogP contribution in [0.15, 0.2) is 85.1 Å². The third-order valence-corrected chi connectivity index (χ3v) is 6.07. The Morgan fingerprint density at radius 3 is 2.28 bits per heavy atom. The number of nitrogens with one attached hydrogen (secondary N) is 2. The van der Waals surface area contributed by atoms with Crippen molar-refractivity contribution in [1.82, 2.24) is 5.32 Å². The first kappa shape index (κ1) is 21.0. The van der Waals surface area contributed by atoms with Crippen molar-refractivity contribution in [2.24, 2.45) is 0 Å². The van der Waals surface area contributed by atoms with Crippen molar-refractivity contribution in [2.75, 3.05) is 5.32 Å². The average Bonchev–Trinajstić information content (AvgIpc) is 2.72. The lowest BCUT2D eigenvalue weighted by Crippen LogP contribution is -2.24. The van der Waals surface area contributed by atoms with Crippen LogP contribution in [0.25, 0.3) is 4.91 Å². The van der Waals surface area contributed by atoms with Gasteiger partial charge in [0.25, 0.3) is 0 Å². The number of anilines is 1. The minimum absolute atomic E-state index is 0.445. The molecule has 3 nitrogen and oxygen atoms in total. The summed E-state index contributed by atoms with van der Waals surface area (Å²) < 4.78 is 13.1. The molecule has 3 rings (SSSR count). The lowest BCUT2D eigenvalue weighted by molar-refractivity contribution is 0.688. The molecule has 0 spiro atoms. The maximum atomic E-state index is 13.1. The molecule has 2 N–H and O–H groups in total. The van der Waals surface area contributed by atoms with Gasteiger partial charge in [-0.15, -0.1) is 0 Å². The Balaban J connectivity index is 1.77. The van der Waals surface area contributed by atoms with E-state index in [1.807, 2.05) is 79.7 Å². The molecule has 148 valence electrons. The molecule has 29 heavy (non-hydrogen) atoms. The summed E-state index contributed by atoms with van der Waals surface area (Å²) >= 11 is 5.45. The van der Waals surface area contributed by atoms with Crippen molar-refractivity contribution in [3.63, 3.8) is 0 Å². The van der Waals surface area contributed by atoms with E-state index in [4.69, 9.17) is 12.2 Å². The zero-order valence-corrected chi connectivity index (χ0v) is 18.1. The van der Waals surface area contributed by atoms with Crippen molar-refractivity contribution in [3.05, 3.63) is 107 Å². The molecule has 0 amide bonds. The van der Waals surface area contributed by atoms with Gasteiger partial charge in [0.2, 0.25) is 0 Å². The normalized spacial score (nSPS) is 12.3. The van der Waals surface area contributed by atoms with E-state index in [1.165, 1.54) is 5.56 Å². The number of hydrogen-bond acceptors (Lipinski definition) is 2. The second-order valence-electron chi connectivity index (χ2n) is 6.77. The molecule has 0 saturated heterocycles. The summed E-state index contributed by atoms with van der Waals surface area (Å²) in [6, 6.07) is 25.7. The Kier molecular flexibility index (Phi) is 7.33. The summed E-state index contributed by atoms with van der Waals surface area (Å²) in [7, 11) is -1.22. The lowest BCUT2D eigenvalue weighted by Gasteiger charge is -2.13. The zero-order chi connectivity index (χ0) is 20.6. The molecule has 0 aliphatic carbocycles. The number of benzene rings is 3. The van der Waals surface area contributed by atoms with E-state index in [0.717, 1.165) is 22.4 Å². The number of thiocarbonyl (C=S) groups is 1. The van der Waals surface area contributed by atoms with Crippen LogP contribution < -0.4 is 10.6 Å². The summed E-state index contributed by atoms with van der Waals surface area (Å²) in [5.41, 5.74) is 5.21. The summed E-state index contributed by atoms with van der Waals surface area (Å²) in [5, 5.41) is 6.77. The van der Waals surface area contributed by atoms with Crippen molar-refractivity contribution in [3.8, 4) is 0 Å². The average molecular weight is 421 g/mol. The molecule has 3 aromatic carbocycles. The standard InChI is InChI=1S/C24H24N2OS2/c1-18-13-14-22(19(2)15-18)26-24(28)25-16-23(21-11-7-4-8-12-21)29(27)17-20-9-5-3-6-10-20/h3-16H,17H2,1-2H3,(H2,25,26,28)/b23-16+. The van der Waals surface area contributed by atoms with E-state index >= 15 is 0 Å². The van der Waals surface area contributed by atoms with Gasteiger partial charge in [0.15, 0.2) is 5.11 Å². The summed E-state index contributed by atoms with van der Waals surface area (Å²) in [6.07, 6.45) is 1.74. The van der Waals surface area contributed by atoms with Gasteiger partial charge in [0.05, 0.1) is 21.5 Å². The molecule has 0 aliphatic rings. The van der Waals surface area contributed by atoms with Gasteiger partial charge in [-0.05, 0) is 48.8 Å². The maximum Gasteiger partial charge on any atom is 0.174 e. The molecule has 0 aliphatic heterocycles. The van der Waals surface area contributed by atoms with Gasteiger partial charge in [0.1, 0.15) is 0 Å². The van der Waals surface area contributed by atoms with Crippen LogP contribution in [0.5, 0.6) is 0 Å². The Hall–Kier alpha value is -2.76. The van der Waals surface area contributed by atoms with Crippen LogP contribution in [0.4, 0.5) is 5.69 Å². The largest absolute Gasteiger partial charge is 0.338 e. The summed E-state index contributed by atoms with van der Waals surface area (Å²) in [6.45, 7) is 4.10. The van der Waals surface area contributed by atoms with Crippen LogP contribution in [0, 0.1) is 13.8 Å². The highest BCUT2D eigenvalue weighted by atomic mass is 32.2. The number of hydrogen-bond donors (Lipinski definition) is 2. The molecule has 5 heteroatoms. The fourth-order valence-corrected chi connectivity index (χ4v) is 4.34. The minimum atomic E-state index is -1.22. The van der Waals surface area contributed by atoms with E-state index < -0.39 is 10.8 Å². The Morgan fingerprint density at radius 1 is 0.966 bits per heavy atom. The van der Waals surface area contributed by atoms with Crippen molar-refractivity contribution in [1.29, 1.82) is 0 Å². The molecule has 0 radical (unpaired) electrons. The fraction of sp³-hybridized carbons (Fsp3) is 0.125. The Bertz CT molecular complexity index is 1030. The Labute approximate surface area is 180 Å². The topological polar surface area (TPSA) is 41.1 Å². The molecule has 1 atom stereocenters. The summed E-state index contributed by atoms with van der Waals surface area (Å²) in [5.74, 6) is 0.445. The molecular weight excluding hydrogens is 396 g/mol. The van der Waals surface area contributed by atoms with Crippen LogP contribution in [0.1, 0.15) is 22.3 Å². The van der Waals surface area contributed by atoms with Crippen LogP contribution in [0.3, 0.4) is 0 Å². The molecule has 0 aromatic heterocycles. The molecule has 0 fully saturated rings. The fourth-order valence-electron chi connectivity index (χ4n) is 2.93.